The number of phosphoric ester groups is 1. The SMILES string of the molecule is CC/C=C\C/C=C\C/C=C\C/C=C\CCCCCCCCC(=O)NC(COP(=O)(O)OCC[N+](C)(C)C)C(O)CCCCCCCCCCCCCCCCCCCCCCCC. The van der Waals surface area contributed by atoms with E-state index >= 15 is 0 Å². The molecule has 0 aromatic rings. The lowest BCUT2D eigenvalue weighted by Crippen LogP contribution is -2.46. The van der Waals surface area contributed by atoms with Crippen LogP contribution in [0.2, 0.25) is 0 Å². The van der Waals surface area contributed by atoms with E-state index in [1.54, 1.807) is 0 Å². The van der Waals surface area contributed by atoms with Gasteiger partial charge in [-0.25, -0.2) is 4.57 Å². The number of likely N-dealkylation sites (N-methyl/N-ethyl adjacent to an activating group) is 1. The Morgan fingerprint density at radius 1 is 0.556 bits per heavy atom. The van der Waals surface area contributed by atoms with Gasteiger partial charge in [-0.2, -0.15) is 0 Å². The van der Waals surface area contributed by atoms with Crippen LogP contribution in [0, 0.1) is 0 Å². The number of unbranched alkanes of at least 4 members (excludes halogenated alkanes) is 27. The van der Waals surface area contributed by atoms with E-state index in [-0.39, 0.29) is 19.1 Å². The number of hydrogen-bond donors (Lipinski definition) is 3. The lowest BCUT2D eigenvalue weighted by molar-refractivity contribution is -0.870. The lowest BCUT2D eigenvalue weighted by Gasteiger charge is -2.26. The molecule has 3 atom stereocenters. The first-order valence-corrected chi connectivity index (χ1v) is 28.0. The number of carbonyl (C=O) groups is 1. The Bertz CT molecular complexity index is 1170. The van der Waals surface area contributed by atoms with Gasteiger partial charge in [-0.1, -0.05) is 229 Å². The van der Waals surface area contributed by atoms with E-state index in [1.165, 1.54) is 135 Å². The predicted molar refractivity (Wildman–Crippen MR) is 272 cm³/mol. The van der Waals surface area contributed by atoms with Crippen molar-refractivity contribution in [2.75, 3.05) is 40.9 Å². The molecule has 0 aromatic heterocycles. The highest BCUT2D eigenvalue weighted by Crippen LogP contribution is 2.43. The monoisotopic (exact) mass is 908 g/mol. The van der Waals surface area contributed by atoms with Crippen LogP contribution in [0.1, 0.15) is 239 Å². The molecule has 3 N–H and O–H groups in total. The molecular formula is C54H104N2O6P+. The zero-order valence-electron chi connectivity index (χ0n) is 42.1. The van der Waals surface area contributed by atoms with Gasteiger partial charge < -0.3 is 19.8 Å². The highest BCUT2D eigenvalue weighted by molar-refractivity contribution is 7.47. The Balaban J connectivity index is 4.26. The third-order valence-corrected chi connectivity index (χ3v) is 12.8. The number of allylic oxidation sites excluding steroid dienone is 8. The number of aliphatic hydroxyl groups excluding tert-OH is 1. The van der Waals surface area contributed by atoms with E-state index in [0.29, 0.717) is 23.9 Å². The third kappa shape index (κ3) is 48.2. The first-order valence-electron chi connectivity index (χ1n) is 26.5. The Labute approximate surface area is 390 Å². The van der Waals surface area contributed by atoms with Gasteiger partial charge in [0, 0.05) is 6.42 Å². The lowest BCUT2D eigenvalue weighted by atomic mass is 10.0. The second-order valence-electron chi connectivity index (χ2n) is 19.2. The molecule has 0 rings (SSSR count). The Kier molecular flexibility index (Phi) is 44.5. The molecule has 0 fully saturated rings. The summed E-state index contributed by atoms with van der Waals surface area (Å²) in [6, 6.07) is -0.770. The summed E-state index contributed by atoms with van der Waals surface area (Å²) in [4.78, 5) is 23.3. The zero-order chi connectivity index (χ0) is 46.4. The molecule has 0 aliphatic carbocycles. The van der Waals surface area contributed by atoms with Crippen molar-refractivity contribution in [1.29, 1.82) is 0 Å². The third-order valence-electron chi connectivity index (χ3n) is 11.8. The van der Waals surface area contributed by atoms with E-state index in [9.17, 15) is 19.4 Å². The summed E-state index contributed by atoms with van der Waals surface area (Å²) in [5.41, 5.74) is 0. The van der Waals surface area contributed by atoms with Gasteiger partial charge in [0.05, 0.1) is 39.9 Å². The minimum Gasteiger partial charge on any atom is -0.391 e. The molecule has 0 saturated heterocycles. The van der Waals surface area contributed by atoms with E-state index in [4.69, 9.17) is 9.05 Å². The average molecular weight is 908 g/mol. The van der Waals surface area contributed by atoms with Crippen molar-refractivity contribution in [2.24, 2.45) is 0 Å². The second-order valence-corrected chi connectivity index (χ2v) is 20.7. The van der Waals surface area contributed by atoms with Gasteiger partial charge in [-0.3, -0.25) is 13.8 Å². The van der Waals surface area contributed by atoms with E-state index < -0.39 is 20.0 Å². The van der Waals surface area contributed by atoms with Crippen molar-refractivity contribution >= 4 is 13.7 Å². The Morgan fingerprint density at radius 2 is 0.952 bits per heavy atom. The maximum absolute atomic E-state index is 13.0. The summed E-state index contributed by atoms with van der Waals surface area (Å²) < 4.78 is 23.7. The average Bonchev–Trinajstić information content (AvgIpc) is 3.24. The van der Waals surface area contributed by atoms with E-state index in [1.807, 2.05) is 21.1 Å². The van der Waals surface area contributed by atoms with Crippen LogP contribution in [0.4, 0.5) is 0 Å². The van der Waals surface area contributed by atoms with Gasteiger partial charge in [0.25, 0.3) is 0 Å². The first-order chi connectivity index (χ1) is 30.5. The smallest absolute Gasteiger partial charge is 0.391 e. The molecular weight excluding hydrogens is 804 g/mol. The van der Waals surface area contributed by atoms with Gasteiger partial charge in [0.2, 0.25) is 5.91 Å². The van der Waals surface area contributed by atoms with Crippen LogP contribution in [-0.4, -0.2) is 73.4 Å². The Hall–Kier alpha value is -1.54. The molecule has 0 aliphatic heterocycles. The van der Waals surface area contributed by atoms with Gasteiger partial charge in [-0.15, -0.1) is 0 Å². The van der Waals surface area contributed by atoms with Crippen LogP contribution in [0.15, 0.2) is 48.6 Å². The fourth-order valence-corrected chi connectivity index (χ4v) is 8.42. The van der Waals surface area contributed by atoms with E-state index in [0.717, 1.165) is 77.0 Å². The molecule has 3 unspecified atom stereocenters. The van der Waals surface area contributed by atoms with Crippen molar-refractivity contribution in [1.82, 2.24) is 5.32 Å². The quantitative estimate of drug-likeness (QED) is 0.0243. The molecule has 9 heteroatoms. The zero-order valence-corrected chi connectivity index (χ0v) is 43.0. The number of rotatable bonds is 48. The molecule has 0 heterocycles. The molecule has 0 saturated carbocycles. The summed E-state index contributed by atoms with van der Waals surface area (Å²) >= 11 is 0. The van der Waals surface area contributed by atoms with Crippen LogP contribution in [-0.2, 0) is 18.4 Å². The number of quaternary nitrogens is 1. The number of hydrogen-bond acceptors (Lipinski definition) is 5. The molecule has 0 aromatic carbocycles. The van der Waals surface area contributed by atoms with Crippen molar-refractivity contribution in [3.8, 4) is 0 Å². The van der Waals surface area contributed by atoms with Crippen LogP contribution in [0.25, 0.3) is 0 Å². The first kappa shape index (κ1) is 61.5. The summed E-state index contributed by atoms with van der Waals surface area (Å²) in [7, 11) is 1.60. The van der Waals surface area contributed by atoms with Crippen molar-refractivity contribution in [2.45, 2.75) is 251 Å². The number of nitrogens with one attached hydrogen (secondary N) is 1. The summed E-state index contributed by atoms with van der Waals surface area (Å²) in [5.74, 6) is -0.158. The van der Waals surface area contributed by atoms with Crippen molar-refractivity contribution in [3.05, 3.63) is 48.6 Å². The number of amides is 1. The van der Waals surface area contributed by atoms with E-state index in [2.05, 4.69) is 67.8 Å². The van der Waals surface area contributed by atoms with Crippen LogP contribution in [0.3, 0.4) is 0 Å². The van der Waals surface area contributed by atoms with Crippen molar-refractivity contribution in [3.63, 3.8) is 0 Å². The van der Waals surface area contributed by atoms with Gasteiger partial charge >= 0.3 is 7.82 Å². The number of phosphoric acid groups is 1. The van der Waals surface area contributed by atoms with Crippen LogP contribution in [0.5, 0.6) is 0 Å². The fourth-order valence-electron chi connectivity index (χ4n) is 7.69. The highest BCUT2D eigenvalue weighted by atomic mass is 31.2. The maximum atomic E-state index is 13.0. The molecule has 0 radical (unpaired) electrons. The molecule has 63 heavy (non-hydrogen) atoms. The van der Waals surface area contributed by atoms with Crippen molar-refractivity contribution < 1.29 is 32.9 Å². The topological polar surface area (TPSA) is 105 Å². The molecule has 1 amide bonds. The molecule has 370 valence electrons. The molecule has 0 aliphatic rings. The van der Waals surface area contributed by atoms with Gasteiger partial charge in [-0.05, 0) is 51.4 Å². The largest absolute Gasteiger partial charge is 0.472 e. The van der Waals surface area contributed by atoms with Crippen LogP contribution < -0.4 is 5.32 Å². The normalized spacial score (nSPS) is 14.5. The fraction of sp³-hybridized carbons (Fsp3) is 0.833. The summed E-state index contributed by atoms with van der Waals surface area (Å²) in [6.07, 6.45) is 58.6. The number of nitrogens with zero attached hydrogens (tertiary/aromatic N) is 1. The standard InChI is InChI=1S/C54H103N2O6P/c1-6-8-10-12-14-16-18-20-22-24-26-27-28-30-31-33-35-37-39-41-43-45-47-53(57)52(51-62-63(59,60)61-50-49-56(3,4)5)55-54(58)48-46-44-42-40-38-36-34-32-29-25-23-21-19-17-15-13-11-9-7-2/h9,11,15,17,21,23,29,32,52-53,57H,6-8,10,12-14,16,18-20,22,24-28,30-31,33-51H2,1-5H3,(H-,55,58,59,60)/p+1/b11-9-,17-15-,23-21-,32-29-. The second kappa shape index (κ2) is 45.6. The molecule has 8 nitrogen and oxygen atoms in total. The molecule has 0 spiro atoms. The Morgan fingerprint density at radius 3 is 1.40 bits per heavy atom. The highest BCUT2D eigenvalue weighted by Gasteiger charge is 2.28. The minimum atomic E-state index is -4.33. The predicted octanol–water partition coefficient (Wildman–Crippen LogP) is 15.6. The number of aliphatic hydroxyl groups is 1. The number of carbonyl (C=O) groups excluding carboxylic acids is 1. The summed E-state index contributed by atoms with van der Waals surface area (Å²) in [5, 5.41) is 14.0. The van der Waals surface area contributed by atoms with Crippen LogP contribution >= 0.6 is 7.82 Å². The minimum absolute atomic E-state index is 0.0702. The van der Waals surface area contributed by atoms with Gasteiger partial charge in [0.1, 0.15) is 13.2 Å². The van der Waals surface area contributed by atoms with Gasteiger partial charge in [0.15, 0.2) is 0 Å². The maximum Gasteiger partial charge on any atom is 0.472 e. The summed E-state index contributed by atoms with van der Waals surface area (Å²) in [6.45, 7) is 4.78. The molecule has 0 bridgehead atoms.